The van der Waals surface area contributed by atoms with E-state index in [1.54, 1.807) is 0 Å². The summed E-state index contributed by atoms with van der Waals surface area (Å²) < 4.78 is 0. The predicted octanol–water partition coefficient (Wildman–Crippen LogP) is 3.10. The van der Waals surface area contributed by atoms with Gasteiger partial charge in [-0.25, -0.2) is 0 Å². The molecule has 1 aliphatic heterocycles. The van der Waals surface area contributed by atoms with Crippen LogP contribution < -0.4 is 0 Å². The summed E-state index contributed by atoms with van der Waals surface area (Å²) in [4.78, 5) is 0. The van der Waals surface area contributed by atoms with Gasteiger partial charge in [0.05, 0.1) is 0 Å². The first-order valence-electron chi connectivity index (χ1n) is 3.77. The van der Waals surface area contributed by atoms with Crippen LogP contribution >= 0.6 is 8.20 Å². The van der Waals surface area contributed by atoms with Crippen LogP contribution in [0.25, 0.3) is 0 Å². The van der Waals surface area contributed by atoms with Crippen LogP contribution in [0.15, 0.2) is 28.4 Å². The highest BCUT2D eigenvalue weighted by Gasteiger charge is 2.20. The van der Waals surface area contributed by atoms with Gasteiger partial charge in [0.1, 0.15) is 0 Å². The highest BCUT2D eigenvalue weighted by molar-refractivity contribution is 7.44. The largest absolute Gasteiger partial charge is 0.0585 e. The van der Waals surface area contributed by atoms with E-state index in [4.69, 9.17) is 0 Å². The lowest BCUT2D eigenvalue weighted by atomic mass is 10.0. The third kappa shape index (κ3) is 0.862. The fourth-order valence-electron chi connectivity index (χ4n) is 1.54. The summed E-state index contributed by atoms with van der Waals surface area (Å²) in [5, 5.41) is 1.44. The molecule has 0 spiro atoms. The Labute approximate surface area is 69.1 Å². The van der Waals surface area contributed by atoms with Crippen LogP contribution in [0.3, 0.4) is 0 Å². The smallest absolute Gasteiger partial charge is 0.0181 e. The molecule has 2 aliphatic rings. The van der Waals surface area contributed by atoms with Crippen LogP contribution in [0.4, 0.5) is 0 Å². The Kier molecular flexibility index (Phi) is 1.40. The molecule has 0 aromatic heterocycles. The molecule has 1 radical (unpaired) electrons. The lowest BCUT2D eigenvalue weighted by molar-refractivity contribution is 1.33. The molecule has 0 nitrogen and oxygen atoms in total. The topological polar surface area (TPSA) is 0 Å². The standard InChI is InChI=1S/C10H10P/c1-6-4-9-10(8(6)3)7(2)5-11-9/h4H,1-3H3. The molecule has 1 heterocycles. The highest BCUT2D eigenvalue weighted by atomic mass is 31.1. The average molecular weight is 161 g/mol. The Bertz CT molecular complexity index is 338. The van der Waals surface area contributed by atoms with Crippen molar-refractivity contribution in [2.75, 3.05) is 0 Å². The Morgan fingerprint density at radius 3 is 2.64 bits per heavy atom. The van der Waals surface area contributed by atoms with Crippen LogP contribution in [-0.2, 0) is 0 Å². The van der Waals surface area contributed by atoms with Crippen LogP contribution in [0.2, 0.25) is 0 Å². The van der Waals surface area contributed by atoms with Crippen molar-refractivity contribution in [1.82, 2.24) is 0 Å². The van der Waals surface area contributed by atoms with Crippen LogP contribution in [-0.4, -0.2) is 5.29 Å². The third-order valence-corrected chi connectivity index (χ3v) is 3.34. The number of allylic oxidation sites excluding steroid dienone is 5. The van der Waals surface area contributed by atoms with E-state index in [9.17, 15) is 0 Å². The zero-order valence-electron chi connectivity index (χ0n) is 7.02. The maximum atomic E-state index is 3.32. The average Bonchev–Trinajstić information content (AvgIpc) is 2.41. The van der Waals surface area contributed by atoms with E-state index >= 15 is 0 Å². The normalized spacial score (nSPS) is 23.0. The van der Waals surface area contributed by atoms with E-state index in [1.807, 2.05) is 0 Å². The van der Waals surface area contributed by atoms with Gasteiger partial charge in [-0.1, -0.05) is 8.20 Å². The van der Waals surface area contributed by atoms with E-state index in [2.05, 4.69) is 32.7 Å². The molecule has 0 fully saturated rings. The lowest BCUT2D eigenvalue weighted by Crippen LogP contribution is -1.90. The molecule has 1 aliphatic carbocycles. The van der Waals surface area contributed by atoms with E-state index < -0.39 is 0 Å². The molecule has 2 rings (SSSR count). The summed E-state index contributed by atoms with van der Waals surface area (Å²) in [5.74, 6) is 3.32. The van der Waals surface area contributed by atoms with Crippen molar-refractivity contribution in [1.29, 1.82) is 0 Å². The number of rotatable bonds is 0. The van der Waals surface area contributed by atoms with E-state index in [0.717, 1.165) is 0 Å². The van der Waals surface area contributed by atoms with Gasteiger partial charge in [-0.05, 0) is 49.1 Å². The lowest BCUT2D eigenvalue weighted by Gasteiger charge is -2.00. The van der Waals surface area contributed by atoms with Crippen molar-refractivity contribution >= 4 is 13.5 Å². The Hall–Kier alpha value is -0.610. The molecule has 11 heavy (non-hydrogen) atoms. The van der Waals surface area contributed by atoms with Crippen molar-refractivity contribution in [2.24, 2.45) is 0 Å². The van der Waals surface area contributed by atoms with Crippen molar-refractivity contribution in [3.8, 4) is 0 Å². The van der Waals surface area contributed by atoms with Gasteiger partial charge in [-0.15, -0.1) is 0 Å². The molecule has 1 heteroatoms. The van der Waals surface area contributed by atoms with Gasteiger partial charge in [0.2, 0.25) is 0 Å². The molecule has 0 N–H and O–H groups in total. The SMILES string of the molecule is CC1=[C]P=C2C=C(C)C(C)=C12. The number of hydrogen-bond donors (Lipinski definition) is 0. The maximum Gasteiger partial charge on any atom is 0.0181 e. The van der Waals surface area contributed by atoms with Crippen LogP contribution in [0.1, 0.15) is 20.8 Å². The minimum atomic E-state index is 1.26. The van der Waals surface area contributed by atoms with E-state index in [0.29, 0.717) is 0 Å². The quantitative estimate of drug-likeness (QED) is 0.479. The fraction of sp³-hybridized carbons (Fsp3) is 0.300. The van der Waals surface area contributed by atoms with Gasteiger partial charge in [0.15, 0.2) is 0 Å². The summed E-state index contributed by atoms with van der Waals surface area (Å²) in [7, 11) is 1.26. The second kappa shape index (κ2) is 2.19. The Morgan fingerprint density at radius 1 is 1.27 bits per heavy atom. The Morgan fingerprint density at radius 2 is 2.00 bits per heavy atom. The molecule has 0 saturated heterocycles. The summed E-state index contributed by atoms with van der Waals surface area (Å²) in [5.41, 5.74) is 5.63. The molecule has 0 aromatic rings. The zero-order chi connectivity index (χ0) is 8.01. The second-order valence-corrected chi connectivity index (χ2v) is 3.99. The van der Waals surface area contributed by atoms with Crippen molar-refractivity contribution in [2.45, 2.75) is 20.8 Å². The monoisotopic (exact) mass is 161 g/mol. The molecule has 55 valence electrons. The molecule has 0 bridgehead atoms. The molecular weight excluding hydrogens is 151 g/mol. The minimum Gasteiger partial charge on any atom is -0.0585 e. The maximum absolute atomic E-state index is 3.32. The summed E-state index contributed by atoms with van der Waals surface area (Å²) >= 11 is 0. The number of hydrogen-bond acceptors (Lipinski definition) is 0. The third-order valence-electron chi connectivity index (χ3n) is 2.29. The van der Waals surface area contributed by atoms with Crippen LogP contribution in [0.5, 0.6) is 0 Å². The van der Waals surface area contributed by atoms with Crippen molar-refractivity contribution in [3.05, 3.63) is 34.2 Å². The molecule has 0 amide bonds. The van der Waals surface area contributed by atoms with Gasteiger partial charge < -0.3 is 0 Å². The van der Waals surface area contributed by atoms with Gasteiger partial charge in [0, 0.05) is 11.1 Å². The summed E-state index contributed by atoms with van der Waals surface area (Å²) in [6.45, 7) is 6.52. The molecular formula is C10H10P. The minimum absolute atomic E-state index is 1.26. The molecule has 0 saturated carbocycles. The molecule has 0 aromatic carbocycles. The number of fused-ring (bicyclic) bond motifs is 1. The second-order valence-electron chi connectivity index (χ2n) is 3.06. The van der Waals surface area contributed by atoms with Gasteiger partial charge in [-0.3, -0.25) is 0 Å². The van der Waals surface area contributed by atoms with Crippen molar-refractivity contribution in [3.63, 3.8) is 0 Å². The van der Waals surface area contributed by atoms with Crippen LogP contribution in [0, 0.1) is 5.82 Å². The van der Waals surface area contributed by atoms with E-state index in [1.165, 1.54) is 35.8 Å². The van der Waals surface area contributed by atoms with Gasteiger partial charge >= 0.3 is 0 Å². The summed E-state index contributed by atoms with van der Waals surface area (Å²) in [6, 6.07) is 0. The first kappa shape index (κ1) is 7.06. The van der Waals surface area contributed by atoms with E-state index in [-0.39, 0.29) is 0 Å². The molecule has 0 unspecified atom stereocenters. The Balaban J connectivity index is 2.60. The van der Waals surface area contributed by atoms with Gasteiger partial charge in [-0.2, -0.15) is 0 Å². The predicted molar refractivity (Wildman–Crippen MR) is 50.8 cm³/mol. The zero-order valence-corrected chi connectivity index (χ0v) is 7.92. The first-order valence-corrected chi connectivity index (χ1v) is 4.67. The first-order chi connectivity index (χ1) is 5.20. The van der Waals surface area contributed by atoms with Crippen molar-refractivity contribution < 1.29 is 0 Å². The summed E-state index contributed by atoms with van der Waals surface area (Å²) in [6.07, 6.45) is 2.27. The molecule has 0 atom stereocenters. The van der Waals surface area contributed by atoms with Gasteiger partial charge in [0.25, 0.3) is 0 Å². The highest BCUT2D eigenvalue weighted by Crippen LogP contribution is 2.36. The fourth-order valence-corrected chi connectivity index (χ4v) is 2.64.